The fourth-order valence-corrected chi connectivity index (χ4v) is 1.43. The lowest BCUT2D eigenvalue weighted by Gasteiger charge is -2.21. The number of nitrogens with one attached hydrogen (secondary N) is 1. The number of alkyl halides is 2. The van der Waals surface area contributed by atoms with E-state index in [2.05, 4.69) is 5.32 Å². The molecule has 0 saturated heterocycles. The summed E-state index contributed by atoms with van der Waals surface area (Å²) in [4.78, 5) is 22.3. The summed E-state index contributed by atoms with van der Waals surface area (Å²) in [5.41, 5.74) is 0.0839. The van der Waals surface area contributed by atoms with Crippen LogP contribution in [0.4, 0.5) is 25.0 Å². The third-order valence-corrected chi connectivity index (χ3v) is 2.34. The molecule has 110 valence electrons. The summed E-state index contributed by atoms with van der Waals surface area (Å²) in [5.74, 6) is 0. The lowest BCUT2D eigenvalue weighted by molar-refractivity contribution is -0.384. The summed E-state index contributed by atoms with van der Waals surface area (Å²) >= 11 is 0. The van der Waals surface area contributed by atoms with Crippen LogP contribution in [0.2, 0.25) is 0 Å². The number of non-ortho nitro benzene ring substituents is 1. The number of nitrogens with zero attached hydrogens (tertiary/aromatic N) is 2. The quantitative estimate of drug-likeness (QED) is 0.615. The number of urea groups is 1. The van der Waals surface area contributed by atoms with Crippen LogP contribution in [0.5, 0.6) is 0 Å². The van der Waals surface area contributed by atoms with E-state index in [1.54, 1.807) is 0 Å². The van der Waals surface area contributed by atoms with Crippen molar-refractivity contribution in [2.45, 2.75) is 6.43 Å². The molecule has 0 atom stereocenters. The van der Waals surface area contributed by atoms with Crippen molar-refractivity contribution < 1.29 is 23.6 Å². The Hall–Kier alpha value is -2.29. The fourth-order valence-electron chi connectivity index (χ4n) is 1.43. The maximum atomic E-state index is 12.3. The minimum atomic E-state index is -2.72. The Balaban J connectivity index is 2.69. The first-order chi connectivity index (χ1) is 9.43. The van der Waals surface area contributed by atoms with Gasteiger partial charge in [0.1, 0.15) is 0 Å². The first kappa shape index (κ1) is 15.8. The van der Waals surface area contributed by atoms with Gasteiger partial charge in [0.15, 0.2) is 0 Å². The van der Waals surface area contributed by atoms with Crippen LogP contribution < -0.4 is 5.32 Å². The number of carbonyl (C=O) groups excluding carboxylic acids is 1. The van der Waals surface area contributed by atoms with E-state index in [1.165, 1.54) is 24.3 Å². The van der Waals surface area contributed by atoms with Crippen molar-refractivity contribution in [1.82, 2.24) is 4.90 Å². The molecule has 0 bridgehead atoms. The number of halogens is 2. The SMILES string of the molecule is O=C(Nc1ccc([N+](=O)[O-])cc1)N(CCO)CC(F)F. The number of hydrogen-bond donors (Lipinski definition) is 2. The van der Waals surface area contributed by atoms with Crippen LogP contribution in [0.15, 0.2) is 24.3 Å². The van der Waals surface area contributed by atoms with Gasteiger partial charge in [-0.2, -0.15) is 0 Å². The number of nitro groups is 1. The van der Waals surface area contributed by atoms with Crippen molar-refractivity contribution in [3.8, 4) is 0 Å². The van der Waals surface area contributed by atoms with Crippen molar-refractivity contribution in [3.63, 3.8) is 0 Å². The van der Waals surface area contributed by atoms with Gasteiger partial charge in [-0.25, -0.2) is 13.6 Å². The predicted octanol–water partition coefficient (Wildman–Crippen LogP) is 1.69. The Bertz CT molecular complexity index is 467. The lowest BCUT2D eigenvalue weighted by Crippen LogP contribution is -2.40. The molecule has 1 rings (SSSR count). The smallest absolute Gasteiger partial charge is 0.322 e. The average Bonchev–Trinajstić information content (AvgIpc) is 2.38. The van der Waals surface area contributed by atoms with Gasteiger partial charge in [-0.1, -0.05) is 0 Å². The number of nitro benzene ring substituents is 1. The molecule has 0 unspecified atom stereocenters. The highest BCUT2D eigenvalue weighted by Gasteiger charge is 2.18. The molecular formula is C11H13F2N3O4. The number of hydrogen-bond acceptors (Lipinski definition) is 4. The summed E-state index contributed by atoms with van der Waals surface area (Å²) in [6, 6.07) is 4.12. The van der Waals surface area contributed by atoms with Crippen LogP contribution >= 0.6 is 0 Å². The number of carbonyl (C=O) groups is 1. The Morgan fingerprint density at radius 3 is 2.45 bits per heavy atom. The standard InChI is InChI=1S/C11H13F2N3O4/c12-10(13)7-15(5-6-17)11(18)14-8-1-3-9(4-2-8)16(19)20/h1-4,10,17H,5-7H2,(H,14,18). The van der Waals surface area contributed by atoms with Gasteiger partial charge in [-0.05, 0) is 12.1 Å². The highest BCUT2D eigenvalue weighted by Crippen LogP contribution is 2.16. The minimum absolute atomic E-state index is 0.150. The zero-order chi connectivity index (χ0) is 15.1. The van der Waals surface area contributed by atoms with Gasteiger partial charge in [0.05, 0.1) is 18.1 Å². The molecule has 1 aromatic carbocycles. The molecule has 0 fully saturated rings. The molecule has 0 aliphatic carbocycles. The van der Waals surface area contributed by atoms with Crippen LogP contribution in [0.25, 0.3) is 0 Å². The van der Waals surface area contributed by atoms with E-state index in [4.69, 9.17) is 5.11 Å². The van der Waals surface area contributed by atoms with Crippen LogP contribution in [-0.4, -0.2) is 47.1 Å². The van der Waals surface area contributed by atoms with E-state index in [9.17, 15) is 23.7 Å². The van der Waals surface area contributed by atoms with E-state index in [0.29, 0.717) is 0 Å². The summed E-state index contributed by atoms with van der Waals surface area (Å²) in [6.07, 6.45) is -2.72. The van der Waals surface area contributed by atoms with E-state index in [-0.39, 0.29) is 17.9 Å². The monoisotopic (exact) mass is 289 g/mol. The Morgan fingerprint density at radius 1 is 1.40 bits per heavy atom. The van der Waals surface area contributed by atoms with Crippen molar-refractivity contribution in [3.05, 3.63) is 34.4 Å². The van der Waals surface area contributed by atoms with E-state index >= 15 is 0 Å². The molecule has 0 aromatic heterocycles. The maximum Gasteiger partial charge on any atom is 0.322 e. The Morgan fingerprint density at radius 2 is 2.00 bits per heavy atom. The molecule has 2 amide bonds. The number of aliphatic hydroxyl groups excluding tert-OH is 1. The summed E-state index contributed by atoms with van der Waals surface area (Å²) in [7, 11) is 0. The second-order valence-electron chi connectivity index (χ2n) is 3.79. The average molecular weight is 289 g/mol. The lowest BCUT2D eigenvalue weighted by atomic mass is 10.3. The van der Waals surface area contributed by atoms with Crippen molar-refractivity contribution in [1.29, 1.82) is 0 Å². The number of benzene rings is 1. The second-order valence-corrected chi connectivity index (χ2v) is 3.79. The number of amides is 2. The molecule has 0 spiro atoms. The largest absolute Gasteiger partial charge is 0.395 e. The molecule has 0 aliphatic heterocycles. The number of rotatable bonds is 6. The third-order valence-electron chi connectivity index (χ3n) is 2.34. The molecule has 0 aliphatic rings. The van der Waals surface area contributed by atoms with Crippen LogP contribution in [-0.2, 0) is 0 Å². The zero-order valence-corrected chi connectivity index (χ0v) is 10.3. The van der Waals surface area contributed by atoms with Crippen molar-refractivity contribution in [2.24, 2.45) is 0 Å². The van der Waals surface area contributed by atoms with Gasteiger partial charge >= 0.3 is 6.03 Å². The van der Waals surface area contributed by atoms with Gasteiger partial charge < -0.3 is 15.3 Å². The molecule has 7 nitrogen and oxygen atoms in total. The molecule has 20 heavy (non-hydrogen) atoms. The maximum absolute atomic E-state index is 12.3. The molecular weight excluding hydrogens is 276 g/mol. The van der Waals surface area contributed by atoms with E-state index in [1.807, 2.05) is 0 Å². The molecule has 0 radical (unpaired) electrons. The van der Waals surface area contributed by atoms with Gasteiger partial charge in [0.25, 0.3) is 12.1 Å². The van der Waals surface area contributed by atoms with Gasteiger partial charge in [-0.3, -0.25) is 10.1 Å². The highest BCUT2D eigenvalue weighted by atomic mass is 19.3. The first-order valence-corrected chi connectivity index (χ1v) is 5.63. The predicted molar refractivity (Wildman–Crippen MR) is 66.8 cm³/mol. The molecule has 2 N–H and O–H groups in total. The normalized spacial score (nSPS) is 10.4. The van der Waals surface area contributed by atoms with Crippen molar-refractivity contribution in [2.75, 3.05) is 25.0 Å². The molecule has 0 heterocycles. The van der Waals surface area contributed by atoms with E-state index in [0.717, 1.165) is 4.90 Å². The molecule has 9 heteroatoms. The van der Waals surface area contributed by atoms with Crippen LogP contribution in [0.1, 0.15) is 0 Å². The van der Waals surface area contributed by atoms with Gasteiger partial charge in [0, 0.05) is 24.4 Å². The zero-order valence-electron chi connectivity index (χ0n) is 10.3. The van der Waals surface area contributed by atoms with Crippen molar-refractivity contribution >= 4 is 17.4 Å². The molecule has 1 aromatic rings. The molecule has 0 saturated carbocycles. The topological polar surface area (TPSA) is 95.7 Å². The van der Waals surface area contributed by atoms with Gasteiger partial charge in [-0.15, -0.1) is 0 Å². The van der Waals surface area contributed by atoms with Crippen LogP contribution in [0, 0.1) is 10.1 Å². The second kappa shape index (κ2) is 7.34. The summed E-state index contributed by atoms with van der Waals surface area (Å²) < 4.78 is 24.5. The van der Waals surface area contributed by atoms with Gasteiger partial charge in [0.2, 0.25) is 0 Å². The fraction of sp³-hybridized carbons (Fsp3) is 0.364. The number of anilines is 1. The Kier molecular flexibility index (Phi) is 5.78. The first-order valence-electron chi connectivity index (χ1n) is 5.63. The Labute approximate surface area is 113 Å². The summed E-state index contributed by atoms with van der Waals surface area (Å²) in [5, 5.41) is 21.5. The number of aliphatic hydroxyl groups is 1. The third kappa shape index (κ3) is 4.76. The van der Waals surface area contributed by atoms with E-state index < -0.39 is 30.5 Å². The summed E-state index contributed by atoms with van der Waals surface area (Å²) in [6.45, 7) is -1.48. The minimum Gasteiger partial charge on any atom is -0.395 e. The van der Waals surface area contributed by atoms with Crippen LogP contribution in [0.3, 0.4) is 0 Å². The highest BCUT2D eigenvalue weighted by molar-refractivity contribution is 5.89.